The van der Waals surface area contributed by atoms with Crippen LogP contribution in [0.5, 0.6) is 0 Å². The van der Waals surface area contributed by atoms with Crippen LogP contribution in [0.25, 0.3) is 0 Å². The number of amides is 1. The number of rotatable bonds is 4. The molecule has 0 unspecified atom stereocenters. The maximum Gasteiger partial charge on any atom is 0.410 e. The van der Waals surface area contributed by atoms with Gasteiger partial charge in [-0.3, -0.25) is 4.90 Å². The predicted octanol–water partition coefficient (Wildman–Crippen LogP) is 3.91. The van der Waals surface area contributed by atoms with Crippen LogP contribution in [0.4, 0.5) is 4.79 Å². The average molecular weight is 488 g/mol. The van der Waals surface area contributed by atoms with Gasteiger partial charge in [0.05, 0.1) is 12.2 Å². The smallest absolute Gasteiger partial charge is 0.410 e. The van der Waals surface area contributed by atoms with E-state index in [0.29, 0.717) is 18.7 Å². The summed E-state index contributed by atoms with van der Waals surface area (Å²) in [5.74, 6) is -0.285. The molecule has 0 aliphatic carbocycles. The van der Waals surface area contributed by atoms with E-state index in [9.17, 15) is 9.59 Å². The molecule has 0 radical (unpaired) electrons. The number of carbonyl (C=O) groups excluding carboxylic acids is 2. The van der Waals surface area contributed by atoms with E-state index in [1.54, 1.807) is 17.9 Å². The standard InChI is InChI=1S/C20H29IN2O4/c1-6-26-18(24)16-9-7-8-15(17(16)21)13-22-10-11-23(14(2)12-22)19(25)27-20(3,4)5/h7-9,14H,6,10-13H2,1-5H3/t14-/m0/s1. The first-order valence-corrected chi connectivity index (χ1v) is 10.4. The minimum atomic E-state index is -0.489. The average Bonchev–Trinajstić information content (AvgIpc) is 2.55. The number of halogens is 1. The molecule has 1 fully saturated rings. The van der Waals surface area contributed by atoms with Crippen LogP contribution in [0, 0.1) is 3.57 Å². The Morgan fingerprint density at radius 1 is 1.26 bits per heavy atom. The number of hydrogen-bond acceptors (Lipinski definition) is 5. The van der Waals surface area contributed by atoms with Gasteiger partial charge in [-0.15, -0.1) is 0 Å². The van der Waals surface area contributed by atoms with Gasteiger partial charge in [-0.1, -0.05) is 12.1 Å². The van der Waals surface area contributed by atoms with Crippen molar-refractivity contribution in [1.82, 2.24) is 9.80 Å². The molecule has 27 heavy (non-hydrogen) atoms. The summed E-state index contributed by atoms with van der Waals surface area (Å²) in [7, 11) is 0. The summed E-state index contributed by atoms with van der Waals surface area (Å²) in [6.07, 6.45) is -0.256. The molecule has 1 aliphatic rings. The number of piperazine rings is 1. The van der Waals surface area contributed by atoms with Crippen molar-refractivity contribution in [2.75, 3.05) is 26.2 Å². The van der Waals surface area contributed by atoms with Gasteiger partial charge < -0.3 is 14.4 Å². The number of carbonyl (C=O) groups is 2. The zero-order valence-electron chi connectivity index (χ0n) is 16.8. The molecule has 1 aliphatic heterocycles. The molecule has 0 spiro atoms. The van der Waals surface area contributed by atoms with Crippen molar-refractivity contribution in [3.8, 4) is 0 Å². The second kappa shape index (κ2) is 9.23. The first-order valence-electron chi connectivity index (χ1n) is 9.29. The molecule has 0 bridgehead atoms. The monoisotopic (exact) mass is 488 g/mol. The molecule has 1 amide bonds. The summed E-state index contributed by atoms with van der Waals surface area (Å²) in [4.78, 5) is 28.5. The van der Waals surface area contributed by atoms with Crippen molar-refractivity contribution < 1.29 is 19.1 Å². The molecule has 6 nitrogen and oxygen atoms in total. The van der Waals surface area contributed by atoms with E-state index in [2.05, 4.69) is 27.5 Å². The van der Waals surface area contributed by atoms with Crippen molar-refractivity contribution >= 4 is 34.7 Å². The third kappa shape index (κ3) is 6.07. The normalized spacial score (nSPS) is 18.3. The third-order valence-corrected chi connectivity index (χ3v) is 5.58. The maximum atomic E-state index is 12.4. The molecule has 2 rings (SSSR count). The predicted molar refractivity (Wildman–Crippen MR) is 113 cm³/mol. The summed E-state index contributed by atoms with van der Waals surface area (Å²) >= 11 is 2.21. The van der Waals surface area contributed by atoms with Crippen LogP contribution in [0.3, 0.4) is 0 Å². The van der Waals surface area contributed by atoms with E-state index in [-0.39, 0.29) is 18.1 Å². The van der Waals surface area contributed by atoms with Gasteiger partial charge in [0.15, 0.2) is 0 Å². The topological polar surface area (TPSA) is 59.1 Å². The van der Waals surface area contributed by atoms with Gasteiger partial charge in [-0.25, -0.2) is 9.59 Å². The van der Waals surface area contributed by atoms with Gasteiger partial charge in [-0.05, 0) is 68.8 Å². The van der Waals surface area contributed by atoms with Gasteiger partial charge in [0.1, 0.15) is 5.60 Å². The molecule has 1 aromatic carbocycles. The van der Waals surface area contributed by atoms with Crippen molar-refractivity contribution in [2.45, 2.75) is 52.8 Å². The summed E-state index contributed by atoms with van der Waals surface area (Å²) in [6, 6.07) is 5.80. The highest BCUT2D eigenvalue weighted by Gasteiger charge is 2.31. The molecule has 0 aromatic heterocycles. The van der Waals surface area contributed by atoms with Gasteiger partial charge in [0.2, 0.25) is 0 Å². The molecule has 1 heterocycles. The molecule has 0 N–H and O–H groups in total. The highest BCUT2D eigenvalue weighted by atomic mass is 127. The Balaban J connectivity index is 2.02. The second-order valence-corrected chi connectivity index (χ2v) is 8.84. The van der Waals surface area contributed by atoms with E-state index < -0.39 is 5.60 Å². The first kappa shape index (κ1) is 21.9. The van der Waals surface area contributed by atoms with E-state index in [1.165, 1.54) is 0 Å². The van der Waals surface area contributed by atoms with Crippen LogP contribution in [0.1, 0.15) is 50.5 Å². The lowest BCUT2D eigenvalue weighted by atomic mass is 10.1. The summed E-state index contributed by atoms with van der Waals surface area (Å²) < 4.78 is 11.6. The Kier molecular flexibility index (Phi) is 7.50. The lowest BCUT2D eigenvalue weighted by Crippen LogP contribution is -2.54. The molecular weight excluding hydrogens is 459 g/mol. The molecular formula is C20H29IN2O4. The summed E-state index contributed by atoms with van der Waals surface area (Å²) in [5.41, 5.74) is 1.21. The maximum absolute atomic E-state index is 12.4. The SMILES string of the molecule is CCOC(=O)c1cccc(CN2CCN(C(=O)OC(C)(C)C)[C@@H](C)C2)c1I. The van der Waals surface area contributed by atoms with Crippen molar-refractivity contribution in [2.24, 2.45) is 0 Å². The Labute approximate surface area is 175 Å². The lowest BCUT2D eigenvalue weighted by Gasteiger charge is -2.40. The van der Waals surface area contributed by atoms with Crippen LogP contribution < -0.4 is 0 Å². The van der Waals surface area contributed by atoms with Crippen LogP contribution in [0.15, 0.2) is 18.2 Å². The largest absolute Gasteiger partial charge is 0.462 e. The fourth-order valence-corrected chi connectivity index (χ4v) is 3.83. The van der Waals surface area contributed by atoms with Crippen molar-refractivity contribution in [3.05, 3.63) is 32.9 Å². The fraction of sp³-hybridized carbons (Fsp3) is 0.600. The van der Waals surface area contributed by atoms with E-state index in [1.807, 2.05) is 39.8 Å². The number of nitrogens with zero attached hydrogens (tertiary/aromatic N) is 2. The number of ether oxygens (including phenoxy) is 2. The van der Waals surface area contributed by atoms with Crippen molar-refractivity contribution in [1.29, 1.82) is 0 Å². The van der Waals surface area contributed by atoms with E-state index >= 15 is 0 Å². The second-order valence-electron chi connectivity index (χ2n) is 7.76. The van der Waals surface area contributed by atoms with Crippen LogP contribution in [-0.4, -0.2) is 59.7 Å². The Morgan fingerprint density at radius 3 is 2.56 bits per heavy atom. The van der Waals surface area contributed by atoms with Crippen LogP contribution in [-0.2, 0) is 16.0 Å². The molecule has 150 valence electrons. The number of hydrogen-bond donors (Lipinski definition) is 0. The minimum absolute atomic E-state index is 0.0690. The van der Waals surface area contributed by atoms with E-state index in [0.717, 1.165) is 28.8 Å². The van der Waals surface area contributed by atoms with Gasteiger partial charge in [0, 0.05) is 35.8 Å². The Hall–Kier alpha value is -1.35. The lowest BCUT2D eigenvalue weighted by molar-refractivity contribution is 0.000496. The van der Waals surface area contributed by atoms with Gasteiger partial charge in [-0.2, -0.15) is 0 Å². The number of benzene rings is 1. The highest BCUT2D eigenvalue weighted by Crippen LogP contribution is 2.22. The third-order valence-electron chi connectivity index (χ3n) is 4.31. The van der Waals surface area contributed by atoms with Gasteiger partial charge >= 0.3 is 12.1 Å². The van der Waals surface area contributed by atoms with Crippen LogP contribution >= 0.6 is 22.6 Å². The fourth-order valence-electron chi connectivity index (χ4n) is 3.08. The molecule has 1 aromatic rings. The Morgan fingerprint density at radius 2 is 1.96 bits per heavy atom. The molecule has 1 atom stereocenters. The number of esters is 1. The molecule has 0 saturated carbocycles. The zero-order valence-corrected chi connectivity index (χ0v) is 18.9. The molecule has 7 heteroatoms. The first-order chi connectivity index (χ1) is 12.6. The summed E-state index contributed by atoms with van der Waals surface area (Å²) in [5, 5.41) is 0. The molecule has 1 saturated heterocycles. The van der Waals surface area contributed by atoms with Crippen LogP contribution in [0.2, 0.25) is 0 Å². The quantitative estimate of drug-likeness (QED) is 0.475. The van der Waals surface area contributed by atoms with Gasteiger partial charge in [0.25, 0.3) is 0 Å². The Bertz CT molecular complexity index is 687. The van der Waals surface area contributed by atoms with E-state index in [4.69, 9.17) is 9.47 Å². The highest BCUT2D eigenvalue weighted by molar-refractivity contribution is 14.1. The summed E-state index contributed by atoms with van der Waals surface area (Å²) in [6.45, 7) is 12.7. The van der Waals surface area contributed by atoms with Crippen molar-refractivity contribution in [3.63, 3.8) is 0 Å². The zero-order chi connectivity index (χ0) is 20.2. The minimum Gasteiger partial charge on any atom is -0.462 e.